The van der Waals surface area contributed by atoms with E-state index in [0.717, 1.165) is 37.4 Å². The number of piperidine rings is 1. The number of nitrogens with one attached hydrogen (secondary N) is 1. The lowest BCUT2D eigenvalue weighted by Gasteiger charge is -2.34. The zero-order valence-electron chi connectivity index (χ0n) is 18.2. The van der Waals surface area contributed by atoms with Crippen LogP contribution in [0.1, 0.15) is 55.6 Å². The van der Waals surface area contributed by atoms with E-state index in [4.69, 9.17) is 9.72 Å². The van der Waals surface area contributed by atoms with Gasteiger partial charge in [0.2, 0.25) is 5.88 Å². The zero-order valence-corrected chi connectivity index (χ0v) is 18.2. The summed E-state index contributed by atoms with van der Waals surface area (Å²) in [6.07, 6.45) is 3.39. The molecule has 3 heterocycles. The highest BCUT2D eigenvalue weighted by atomic mass is 16.5. The van der Waals surface area contributed by atoms with E-state index in [0.29, 0.717) is 29.5 Å². The number of carbonyl (C=O) groups is 1. The van der Waals surface area contributed by atoms with Crippen molar-refractivity contribution in [2.24, 2.45) is 0 Å². The molecule has 164 valence electrons. The lowest BCUT2D eigenvalue weighted by atomic mass is 9.92. The summed E-state index contributed by atoms with van der Waals surface area (Å²) in [7, 11) is 0. The lowest BCUT2D eigenvalue weighted by molar-refractivity contribution is 0.102. The number of amides is 1. The minimum atomic E-state index is -0.321. The Balaban J connectivity index is 1.55. The van der Waals surface area contributed by atoms with E-state index in [1.807, 2.05) is 6.92 Å². The van der Waals surface area contributed by atoms with Crippen molar-refractivity contribution in [3.63, 3.8) is 0 Å². The van der Waals surface area contributed by atoms with Crippen LogP contribution in [0.2, 0.25) is 0 Å². The van der Waals surface area contributed by atoms with Gasteiger partial charge in [-0.1, -0.05) is 0 Å². The third-order valence-corrected chi connectivity index (χ3v) is 5.82. The first-order chi connectivity index (χ1) is 15.0. The van der Waals surface area contributed by atoms with Gasteiger partial charge in [-0.25, -0.2) is 4.98 Å². The topological polar surface area (TPSA) is 92.0 Å². The normalized spacial score (nSPS) is 15.5. The van der Waals surface area contributed by atoms with E-state index in [9.17, 15) is 9.90 Å². The molecule has 1 saturated heterocycles. The molecule has 3 aromatic rings. The monoisotopic (exact) mass is 423 g/mol. The summed E-state index contributed by atoms with van der Waals surface area (Å²) in [5, 5.41) is 17.5. The first kappa shape index (κ1) is 21.1. The minimum Gasteiger partial charge on any atom is -0.494 e. The van der Waals surface area contributed by atoms with Gasteiger partial charge in [-0.05, 0) is 71.0 Å². The highest BCUT2D eigenvalue weighted by Crippen LogP contribution is 2.30. The molecule has 1 amide bonds. The van der Waals surface area contributed by atoms with Crippen LogP contribution in [-0.2, 0) is 0 Å². The molecule has 8 nitrogen and oxygen atoms in total. The number of benzene rings is 1. The smallest absolute Gasteiger partial charge is 0.261 e. The van der Waals surface area contributed by atoms with Gasteiger partial charge in [0, 0.05) is 23.7 Å². The number of anilines is 1. The van der Waals surface area contributed by atoms with Crippen LogP contribution in [0.4, 0.5) is 5.69 Å². The van der Waals surface area contributed by atoms with Gasteiger partial charge < -0.3 is 20.1 Å². The summed E-state index contributed by atoms with van der Waals surface area (Å²) < 4.78 is 6.74. The number of likely N-dealkylation sites (tertiary alicyclic amines) is 1. The van der Waals surface area contributed by atoms with Crippen LogP contribution in [0.5, 0.6) is 11.6 Å². The van der Waals surface area contributed by atoms with Gasteiger partial charge in [-0.3, -0.25) is 4.79 Å². The van der Waals surface area contributed by atoms with Gasteiger partial charge in [0.1, 0.15) is 11.3 Å². The quantitative estimate of drug-likeness (QED) is 0.628. The second kappa shape index (κ2) is 8.93. The number of hydrogen-bond donors (Lipinski definition) is 2. The summed E-state index contributed by atoms with van der Waals surface area (Å²) in [4.78, 5) is 20.1. The fourth-order valence-electron chi connectivity index (χ4n) is 4.05. The van der Waals surface area contributed by atoms with Crippen molar-refractivity contribution >= 4 is 17.2 Å². The molecule has 2 N–H and O–H groups in total. The van der Waals surface area contributed by atoms with Gasteiger partial charge >= 0.3 is 0 Å². The molecule has 8 heteroatoms. The molecule has 0 radical (unpaired) electrons. The Kier molecular flexibility index (Phi) is 6.08. The maximum atomic E-state index is 12.9. The third-order valence-electron chi connectivity index (χ3n) is 5.82. The summed E-state index contributed by atoms with van der Waals surface area (Å²) in [5.74, 6) is 0.670. The summed E-state index contributed by atoms with van der Waals surface area (Å²) in [5.41, 5.74) is 2.15. The highest BCUT2D eigenvalue weighted by Gasteiger charge is 2.25. The first-order valence-corrected chi connectivity index (χ1v) is 10.8. The van der Waals surface area contributed by atoms with Crippen LogP contribution in [0.15, 0.2) is 36.5 Å². The molecule has 1 aromatic carbocycles. The second-order valence-electron chi connectivity index (χ2n) is 8.15. The summed E-state index contributed by atoms with van der Waals surface area (Å²) >= 11 is 0. The highest BCUT2D eigenvalue weighted by molar-refractivity contribution is 6.08. The van der Waals surface area contributed by atoms with E-state index in [1.165, 1.54) is 10.7 Å². The number of fused-ring (bicyclic) bond motifs is 1. The largest absolute Gasteiger partial charge is 0.494 e. The third kappa shape index (κ3) is 4.49. The number of aromatic nitrogens is 3. The standard InChI is InChI=1S/C23H29N5O3/c1-4-31-18-7-5-17(6-8-18)25-23(30)19-14-24-28-21(29)13-20(26-22(19)28)16-9-11-27(12-10-16)15(2)3/h5-8,13-16,29H,4,9-12H2,1-3H3,(H,25,30). The van der Waals surface area contributed by atoms with Gasteiger partial charge in [-0.2, -0.15) is 9.61 Å². The molecule has 4 rings (SSSR count). The Bertz CT molecular complexity index is 1050. The Hall–Kier alpha value is -3.13. The number of hydrogen-bond acceptors (Lipinski definition) is 6. The van der Waals surface area contributed by atoms with Crippen LogP contribution in [0, 0.1) is 0 Å². The molecule has 1 fully saturated rings. The van der Waals surface area contributed by atoms with E-state index in [-0.39, 0.29) is 17.7 Å². The van der Waals surface area contributed by atoms with E-state index in [2.05, 4.69) is 29.2 Å². The molecule has 1 aliphatic heterocycles. The molecular weight excluding hydrogens is 394 g/mol. The van der Waals surface area contributed by atoms with E-state index >= 15 is 0 Å². The predicted molar refractivity (Wildman–Crippen MR) is 119 cm³/mol. The zero-order chi connectivity index (χ0) is 22.0. The maximum Gasteiger partial charge on any atom is 0.261 e. The minimum absolute atomic E-state index is 0.00796. The average molecular weight is 424 g/mol. The molecule has 31 heavy (non-hydrogen) atoms. The number of ether oxygens (including phenoxy) is 1. The average Bonchev–Trinajstić information content (AvgIpc) is 3.20. The van der Waals surface area contributed by atoms with Crippen LogP contribution >= 0.6 is 0 Å². The molecule has 0 spiro atoms. The molecule has 0 atom stereocenters. The summed E-state index contributed by atoms with van der Waals surface area (Å²) in [6, 6.07) is 9.38. The van der Waals surface area contributed by atoms with Crippen LogP contribution in [-0.4, -0.2) is 56.2 Å². The van der Waals surface area contributed by atoms with Crippen molar-refractivity contribution < 1.29 is 14.6 Å². The molecule has 2 aromatic heterocycles. The number of nitrogens with zero attached hydrogens (tertiary/aromatic N) is 4. The maximum absolute atomic E-state index is 12.9. The Morgan fingerprint density at radius 3 is 2.61 bits per heavy atom. The fraction of sp³-hybridized carbons (Fsp3) is 0.435. The molecular formula is C23H29N5O3. The van der Waals surface area contributed by atoms with Crippen LogP contribution < -0.4 is 10.1 Å². The van der Waals surface area contributed by atoms with Gasteiger partial charge in [0.25, 0.3) is 5.91 Å². The Labute approximate surface area is 181 Å². The first-order valence-electron chi connectivity index (χ1n) is 10.8. The van der Waals surface area contributed by atoms with Crippen LogP contribution in [0.3, 0.4) is 0 Å². The van der Waals surface area contributed by atoms with Crippen molar-refractivity contribution in [3.05, 3.63) is 47.8 Å². The SMILES string of the molecule is CCOc1ccc(NC(=O)c2cnn3c(O)cc(C4CCN(C(C)C)CC4)nc23)cc1. The van der Waals surface area contributed by atoms with E-state index < -0.39 is 0 Å². The molecule has 0 unspecified atom stereocenters. The van der Waals surface area contributed by atoms with E-state index in [1.54, 1.807) is 30.3 Å². The van der Waals surface area contributed by atoms with Gasteiger partial charge in [0.15, 0.2) is 5.65 Å². The van der Waals surface area contributed by atoms with Crippen molar-refractivity contribution in [2.45, 2.75) is 45.6 Å². The van der Waals surface area contributed by atoms with Crippen molar-refractivity contribution in [1.82, 2.24) is 19.5 Å². The Morgan fingerprint density at radius 1 is 1.26 bits per heavy atom. The summed E-state index contributed by atoms with van der Waals surface area (Å²) in [6.45, 7) is 8.92. The second-order valence-corrected chi connectivity index (χ2v) is 8.15. The van der Waals surface area contributed by atoms with Crippen molar-refractivity contribution in [1.29, 1.82) is 0 Å². The Morgan fingerprint density at radius 2 is 1.97 bits per heavy atom. The van der Waals surface area contributed by atoms with Gasteiger partial charge in [-0.15, -0.1) is 0 Å². The van der Waals surface area contributed by atoms with Gasteiger partial charge in [0.05, 0.1) is 18.5 Å². The number of rotatable bonds is 6. The van der Waals surface area contributed by atoms with Crippen molar-refractivity contribution in [2.75, 3.05) is 25.0 Å². The van der Waals surface area contributed by atoms with Crippen molar-refractivity contribution in [3.8, 4) is 11.6 Å². The lowest BCUT2D eigenvalue weighted by Crippen LogP contribution is -2.38. The molecule has 0 saturated carbocycles. The van der Waals surface area contributed by atoms with Crippen LogP contribution in [0.25, 0.3) is 5.65 Å². The number of carbonyl (C=O) groups excluding carboxylic acids is 1. The molecule has 1 aliphatic rings. The predicted octanol–water partition coefficient (Wildman–Crippen LogP) is 3.67. The number of aromatic hydroxyl groups is 1. The molecule has 0 bridgehead atoms. The molecule has 0 aliphatic carbocycles. The fourth-order valence-corrected chi connectivity index (χ4v) is 4.05.